The summed E-state index contributed by atoms with van der Waals surface area (Å²) < 4.78 is 14.1. The van der Waals surface area contributed by atoms with E-state index in [-0.39, 0.29) is 18.0 Å². The van der Waals surface area contributed by atoms with Gasteiger partial charge < -0.3 is 20.4 Å². The fourth-order valence-electron chi connectivity index (χ4n) is 2.90. The lowest BCUT2D eigenvalue weighted by Gasteiger charge is -2.29. The molecule has 1 heterocycles. The number of piperazine rings is 1. The van der Waals surface area contributed by atoms with Gasteiger partial charge in [-0.2, -0.15) is 0 Å². The monoisotopic (exact) mass is 390 g/mol. The van der Waals surface area contributed by atoms with Gasteiger partial charge >= 0.3 is 0 Å². The van der Waals surface area contributed by atoms with E-state index >= 15 is 0 Å². The van der Waals surface area contributed by atoms with Crippen molar-refractivity contribution in [2.75, 3.05) is 48.8 Å². The van der Waals surface area contributed by atoms with Gasteiger partial charge in [0.1, 0.15) is 5.82 Å². The average Bonchev–Trinajstić information content (AvgIpc) is 2.61. The minimum atomic E-state index is -0.468. The summed E-state index contributed by atoms with van der Waals surface area (Å²) in [5.41, 5.74) is 1.84. The highest BCUT2D eigenvalue weighted by Crippen LogP contribution is 2.29. The SMILES string of the molecule is CN(C)c1ccc(C(=O)Nc2ccc(N3CCNC(=O)C3)c(Cl)c2)cc1F. The van der Waals surface area contributed by atoms with Gasteiger partial charge in [-0.1, -0.05) is 11.6 Å². The summed E-state index contributed by atoms with van der Waals surface area (Å²) in [6.45, 7) is 1.46. The molecule has 3 rings (SSSR count). The van der Waals surface area contributed by atoms with Crippen LogP contribution in [0.4, 0.5) is 21.5 Å². The molecule has 2 aromatic carbocycles. The highest BCUT2D eigenvalue weighted by molar-refractivity contribution is 6.33. The second kappa shape index (κ2) is 7.84. The van der Waals surface area contributed by atoms with E-state index in [0.717, 1.165) is 5.69 Å². The zero-order valence-corrected chi connectivity index (χ0v) is 15.8. The van der Waals surface area contributed by atoms with Crippen LogP contribution in [0.2, 0.25) is 5.02 Å². The van der Waals surface area contributed by atoms with E-state index in [4.69, 9.17) is 11.6 Å². The predicted molar refractivity (Wildman–Crippen MR) is 105 cm³/mol. The highest BCUT2D eigenvalue weighted by atomic mass is 35.5. The third kappa shape index (κ3) is 4.31. The van der Waals surface area contributed by atoms with Crippen molar-refractivity contribution < 1.29 is 14.0 Å². The third-order valence-corrected chi connectivity index (χ3v) is 4.58. The smallest absolute Gasteiger partial charge is 0.255 e. The largest absolute Gasteiger partial charge is 0.375 e. The minimum absolute atomic E-state index is 0.0575. The molecule has 2 N–H and O–H groups in total. The topological polar surface area (TPSA) is 64.7 Å². The van der Waals surface area contributed by atoms with Gasteiger partial charge in [-0.15, -0.1) is 0 Å². The van der Waals surface area contributed by atoms with Crippen LogP contribution in [0.1, 0.15) is 10.4 Å². The number of hydrogen-bond donors (Lipinski definition) is 2. The summed E-state index contributed by atoms with van der Waals surface area (Å²) in [6.07, 6.45) is 0. The molecule has 0 radical (unpaired) electrons. The van der Waals surface area contributed by atoms with Crippen molar-refractivity contribution in [1.29, 1.82) is 0 Å². The molecule has 142 valence electrons. The van der Waals surface area contributed by atoms with Crippen molar-refractivity contribution >= 4 is 40.5 Å². The van der Waals surface area contributed by atoms with Gasteiger partial charge in [0.05, 0.1) is 22.9 Å². The molecule has 0 bridgehead atoms. The van der Waals surface area contributed by atoms with Crippen LogP contribution in [0, 0.1) is 5.82 Å². The second-order valence-electron chi connectivity index (χ2n) is 6.45. The summed E-state index contributed by atoms with van der Waals surface area (Å²) in [5, 5.41) is 5.90. The zero-order valence-electron chi connectivity index (χ0n) is 15.1. The minimum Gasteiger partial charge on any atom is -0.375 e. The van der Waals surface area contributed by atoms with E-state index < -0.39 is 11.7 Å². The van der Waals surface area contributed by atoms with E-state index in [2.05, 4.69) is 10.6 Å². The van der Waals surface area contributed by atoms with Gasteiger partial charge in [0.25, 0.3) is 5.91 Å². The lowest BCUT2D eigenvalue weighted by Crippen LogP contribution is -2.47. The van der Waals surface area contributed by atoms with Crippen LogP contribution >= 0.6 is 11.6 Å². The van der Waals surface area contributed by atoms with Crippen molar-refractivity contribution in [3.05, 3.63) is 52.8 Å². The first-order chi connectivity index (χ1) is 12.8. The number of rotatable bonds is 4. The van der Waals surface area contributed by atoms with Crippen LogP contribution in [0.25, 0.3) is 0 Å². The Balaban J connectivity index is 1.74. The maximum absolute atomic E-state index is 14.1. The quantitative estimate of drug-likeness (QED) is 0.842. The Morgan fingerprint density at radius 3 is 2.67 bits per heavy atom. The maximum Gasteiger partial charge on any atom is 0.255 e. The van der Waals surface area contributed by atoms with Crippen LogP contribution in [-0.4, -0.2) is 45.5 Å². The predicted octanol–water partition coefficient (Wildman–Crippen LogP) is 2.73. The Kier molecular flexibility index (Phi) is 5.51. The van der Waals surface area contributed by atoms with Crippen LogP contribution in [-0.2, 0) is 4.79 Å². The number of benzene rings is 2. The van der Waals surface area contributed by atoms with E-state index in [9.17, 15) is 14.0 Å². The van der Waals surface area contributed by atoms with Gasteiger partial charge in [-0.3, -0.25) is 9.59 Å². The van der Waals surface area contributed by atoms with Gasteiger partial charge in [-0.25, -0.2) is 4.39 Å². The van der Waals surface area contributed by atoms with Crippen molar-refractivity contribution in [2.45, 2.75) is 0 Å². The third-order valence-electron chi connectivity index (χ3n) is 4.28. The Morgan fingerprint density at radius 2 is 2.04 bits per heavy atom. The van der Waals surface area contributed by atoms with Gasteiger partial charge in [0.2, 0.25) is 5.91 Å². The van der Waals surface area contributed by atoms with Gasteiger partial charge in [0.15, 0.2) is 0 Å². The number of anilines is 3. The molecule has 8 heteroatoms. The summed E-state index contributed by atoms with van der Waals surface area (Å²) in [4.78, 5) is 27.4. The Morgan fingerprint density at radius 1 is 1.26 bits per heavy atom. The number of carbonyl (C=O) groups excluding carboxylic acids is 2. The molecule has 1 aliphatic heterocycles. The molecule has 0 aromatic heterocycles. The first kappa shape index (κ1) is 19.0. The van der Waals surface area contributed by atoms with Crippen LogP contribution in [0.15, 0.2) is 36.4 Å². The molecule has 2 amide bonds. The fourth-order valence-corrected chi connectivity index (χ4v) is 3.20. The first-order valence-electron chi connectivity index (χ1n) is 8.44. The van der Waals surface area contributed by atoms with Crippen LogP contribution < -0.4 is 20.4 Å². The van der Waals surface area contributed by atoms with E-state index in [0.29, 0.717) is 29.5 Å². The number of amides is 2. The average molecular weight is 391 g/mol. The molecule has 0 atom stereocenters. The molecule has 0 aliphatic carbocycles. The Hall–Kier alpha value is -2.80. The number of nitrogens with zero attached hydrogens (tertiary/aromatic N) is 2. The zero-order chi connectivity index (χ0) is 19.6. The molecule has 0 spiro atoms. The van der Waals surface area contributed by atoms with E-state index in [1.807, 2.05) is 4.90 Å². The van der Waals surface area contributed by atoms with Gasteiger partial charge in [-0.05, 0) is 36.4 Å². The lowest BCUT2D eigenvalue weighted by molar-refractivity contribution is -0.120. The van der Waals surface area contributed by atoms with Crippen LogP contribution in [0.5, 0.6) is 0 Å². The van der Waals surface area contributed by atoms with Crippen LogP contribution in [0.3, 0.4) is 0 Å². The summed E-state index contributed by atoms with van der Waals surface area (Å²) in [5.74, 6) is -0.956. The molecule has 27 heavy (non-hydrogen) atoms. The number of hydrogen-bond acceptors (Lipinski definition) is 4. The molecule has 1 fully saturated rings. The van der Waals surface area contributed by atoms with Crippen molar-refractivity contribution in [1.82, 2.24) is 5.32 Å². The van der Waals surface area contributed by atoms with E-state index in [1.54, 1.807) is 49.3 Å². The van der Waals surface area contributed by atoms with E-state index in [1.165, 1.54) is 6.07 Å². The Bertz CT molecular complexity index is 888. The molecule has 1 aliphatic rings. The molecule has 6 nitrogen and oxygen atoms in total. The molecule has 0 unspecified atom stereocenters. The van der Waals surface area contributed by atoms with Crippen molar-refractivity contribution in [3.8, 4) is 0 Å². The van der Waals surface area contributed by atoms with Crippen molar-refractivity contribution in [2.24, 2.45) is 0 Å². The highest BCUT2D eigenvalue weighted by Gasteiger charge is 2.19. The number of carbonyl (C=O) groups is 2. The molecule has 2 aromatic rings. The summed E-state index contributed by atoms with van der Waals surface area (Å²) in [7, 11) is 3.46. The number of nitrogens with one attached hydrogen (secondary N) is 2. The lowest BCUT2D eigenvalue weighted by atomic mass is 10.1. The standard InChI is InChI=1S/C19H20ClFN4O2/c1-24(2)17-5-3-12(9-15(17)21)19(27)23-13-4-6-16(14(20)10-13)25-8-7-22-18(26)11-25/h3-6,9-10H,7-8,11H2,1-2H3,(H,22,26)(H,23,27). The normalized spacial score (nSPS) is 13.9. The second-order valence-corrected chi connectivity index (χ2v) is 6.86. The van der Waals surface area contributed by atoms with Crippen molar-refractivity contribution in [3.63, 3.8) is 0 Å². The summed E-state index contributed by atoms with van der Waals surface area (Å²) in [6, 6.07) is 9.40. The number of halogens is 2. The maximum atomic E-state index is 14.1. The molecular formula is C19H20ClFN4O2. The van der Waals surface area contributed by atoms with Gasteiger partial charge in [0, 0.05) is 38.4 Å². The molecule has 1 saturated heterocycles. The fraction of sp³-hybridized carbons (Fsp3) is 0.263. The molecular weight excluding hydrogens is 371 g/mol. The molecule has 0 saturated carbocycles. The summed E-state index contributed by atoms with van der Waals surface area (Å²) >= 11 is 6.33. The Labute approximate surface area is 161 Å². The first-order valence-corrected chi connectivity index (χ1v) is 8.82.